The van der Waals surface area contributed by atoms with Crippen LogP contribution >= 0.6 is 0 Å². The molecule has 33 heavy (non-hydrogen) atoms. The van der Waals surface area contributed by atoms with Gasteiger partial charge in [0.25, 0.3) is 5.91 Å². The molecule has 0 saturated carbocycles. The van der Waals surface area contributed by atoms with Crippen LogP contribution < -0.4 is 0 Å². The highest BCUT2D eigenvalue weighted by Gasteiger charge is 2.48. The molecule has 8 nitrogen and oxygen atoms in total. The lowest BCUT2D eigenvalue weighted by Gasteiger charge is -2.40. The van der Waals surface area contributed by atoms with Crippen molar-refractivity contribution in [2.75, 3.05) is 26.2 Å². The topological polar surface area (TPSA) is 99.9 Å². The van der Waals surface area contributed by atoms with Crippen molar-refractivity contribution < 1.29 is 23.9 Å². The van der Waals surface area contributed by atoms with E-state index in [4.69, 9.17) is 14.7 Å². The Kier molecular flexibility index (Phi) is 7.43. The summed E-state index contributed by atoms with van der Waals surface area (Å²) in [5.74, 6) is -0.632. The van der Waals surface area contributed by atoms with Crippen LogP contribution in [0.1, 0.15) is 69.3 Å². The van der Waals surface area contributed by atoms with E-state index in [-0.39, 0.29) is 24.5 Å². The van der Waals surface area contributed by atoms with Gasteiger partial charge in [-0.3, -0.25) is 9.59 Å². The van der Waals surface area contributed by atoms with Gasteiger partial charge in [0.2, 0.25) is 5.91 Å². The van der Waals surface area contributed by atoms with Crippen LogP contribution in [0.25, 0.3) is 0 Å². The van der Waals surface area contributed by atoms with Crippen molar-refractivity contribution in [3.63, 3.8) is 0 Å². The van der Waals surface area contributed by atoms with Crippen LogP contribution in [0.4, 0.5) is 0 Å². The quantitative estimate of drug-likeness (QED) is 0.633. The Hall–Kier alpha value is -2.92. The molecule has 2 heterocycles. The SMILES string of the molecule is CC(C)(C)OC(=O)COC1CCN(C(=O)[C@]2(C)CCCN2C(=O)c2ccc(C#N)cc2)CC1. The fraction of sp³-hybridized carbons (Fsp3) is 0.600. The first-order valence-corrected chi connectivity index (χ1v) is 11.5. The third kappa shape index (κ3) is 5.91. The van der Waals surface area contributed by atoms with E-state index in [2.05, 4.69) is 0 Å². The molecule has 1 aromatic rings. The summed E-state index contributed by atoms with van der Waals surface area (Å²) in [6.45, 7) is 8.75. The average Bonchev–Trinajstić information content (AvgIpc) is 3.18. The van der Waals surface area contributed by atoms with E-state index in [0.29, 0.717) is 50.0 Å². The van der Waals surface area contributed by atoms with Gasteiger partial charge in [0.15, 0.2) is 0 Å². The van der Waals surface area contributed by atoms with E-state index in [0.717, 1.165) is 6.42 Å². The van der Waals surface area contributed by atoms with Crippen molar-refractivity contribution in [1.82, 2.24) is 9.80 Å². The van der Waals surface area contributed by atoms with Gasteiger partial charge in [0.1, 0.15) is 17.7 Å². The second-order valence-electron chi connectivity index (χ2n) is 9.91. The molecule has 0 unspecified atom stereocenters. The van der Waals surface area contributed by atoms with Gasteiger partial charge < -0.3 is 19.3 Å². The van der Waals surface area contributed by atoms with Crippen molar-refractivity contribution in [2.24, 2.45) is 0 Å². The summed E-state index contributed by atoms with van der Waals surface area (Å²) in [7, 11) is 0. The molecule has 0 aromatic heterocycles. The zero-order valence-corrected chi connectivity index (χ0v) is 19.9. The minimum Gasteiger partial charge on any atom is -0.458 e. The minimum atomic E-state index is -0.894. The van der Waals surface area contributed by atoms with Crippen LogP contribution in [-0.2, 0) is 19.1 Å². The highest BCUT2D eigenvalue weighted by Crippen LogP contribution is 2.33. The zero-order chi connectivity index (χ0) is 24.2. The van der Waals surface area contributed by atoms with E-state index in [1.165, 1.54) is 0 Å². The number of hydrogen-bond acceptors (Lipinski definition) is 6. The van der Waals surface area contributed by atoms with Gasteiger partial charge in [-0.2, -0.15) is 5.26 Å². The predicted molar refractivity (Wildman–Crippen MR) is 121 cm³/mol. The summed E-state index contributed by atoms with van der Waals surface area (Å²) in [4.78, 5) is 42.0. The number of benzene rings is 1. The molecule has 2 fully saturated rings. The maximum Gasteiger partial charge on any atom is 0.332 e. The summed E-state index contributed by atoms with van der Waals surface area (Å²) in [6.07, 6.45) is 2.54. The van der Waals surface area contributed by atoms with Crippen LogP contribution in [0.15, 0.2) is 24.3 Å². The summed E-state index contributed by atoms with van der Waals surface area (Å²) < 4.78 is 11.0. The highest BCUT2D eigenvalue weighted by molar-refractivity contribution is 5.99. The lowest BCUT2D eigenvalue weighted by molar-refractivity contribution is -0.164. The van der Waals surface area contributed by atoms with Crippen molar-refractivity contribution in [3.05, 3.63) is 35.4 Å². The molecular formula is C25H33N3O5. The number of piperidine rings is 1. The third-order valence-electron chi connectivity index (χ3n) is 6.19. The molecule has 0 N–H and O–H groups in total. The Morgan fingerprint density at radius 2 is 1.76 bits per heavy atom. The largest absolute Gasteiger partial charge is 0.458 e. The molecule has 2 aliphatic heterocycles. The molecule has 2 amide bonds. The lowest BCUT2D eigenvalue weighted by atomic mass is 9.94. The number of carbonyl (C=O) groups is 3. The van der Waals surface area contributed by atoms with Gasteiger partial charge >= 0.3 is 5.97 Å². The molecule has 2 aliphatic rings. The molecule has 0 spiro atoms. The van der Waals surface area contributed by atoms with Crippen LogP contribution in [0.5, 0.6) is 0 Å². The Morgan fingerprint density at radius 1 is 1.12 bits per heavy atom. The standard InChI is InChI=1S/C25H33N3O5/c1-24(2,3)33-21(29)17-32-20-10-14-27(15-11-20)23(31)25(4)12-5-13-28(25)22(30)19-8-6-18(16-26)7-9-19/h6-9,20H,5,10-15,17H2,1-4H3/t25-/m0/s1. The number of ether oxygens (including phenoxy) is 2. The number of likely N-dealkylation sites (tertiary alicyclic amines) is 2. The molecule has 178 valence electrons. The number of rotatable bonds is 5. The molecule has 1 aromatic carbocycles. The van der Waals surface area contributed by atoms with Crippen molar-refractivity contribution in [1.29, 1.82) is 5.26 Å². The fourth-order valence-electron chi connectivity index (χ4n) is 4.48. The highest BCUT2D eigenvalue weighted by atomic mass is 16.6. The molecule has 3 rings (SSSR count). The summed E-state index contributed by atoms with van der Waals surface area (Å²) in [5.41, 5.74) is -0.476. The average molecular weight is 456 g/mol. The van der Waals surface area contributed by atoms with Crippen LogP contribution in [0.3, 0.4) is 0 Å². The number of carbonyl (C=O) groups excluding carboxylic acids is 3. The maximum atomic E-state index is 13.5. The molecular weight excluding hydrogens is 422 g/mol. The number of amides is 2. The number of esters is 1. The first-order chi connectivity index (χ1) is 15.5. The van der Waals surface area contributed by atoms with E-state index >= 15 is 0 Å². The third-order valence-corrected chi connectivity index (χ3v) is 6.19. The van der Waals surface area contributed by atoms with Gasteiger partial charge in [0, 0.05) is 25.2 Å². The number of hydrogen-bond donors (Lipinski definition) is 0. The van der Waals surface area contributed by atoms with Gasteiger partial charge in [-0.15, -0.1) is 0 Å². The van der Waals surface area contributed by atoms with Crippen LogP contribution in [0, 0.1) is 11.3 Å². The van der Waals surface area contributed by atoms with Crippen molar-refractivity contribution in [3.8, 4) is 6.07 Å². The Balaban J connectivity index is 1.57. The summed E-state index contributed by atoms with van der Waals surface area (Å²) in [5, 5.41) is 8.98. The van der Waals surface area contributed by atoms with Gasteiger partial charge in [-0.25, -0.2) is 4.79 Å². The Morgan fingerprint density at radius 3 is 2.33 bits per heavy atom. The van der Waals surface area contributed by atoms with Crippen molar-refractivity contribution >= 4 is 17.8 Å². The second-order valence-corrected chi connectivity index (χ2v) is 9.91. The monoisotopic (exact) mass is 455 g/mol. The first-order valence-electron chi connectivity index (χ1n) is 11.5. The van der Waals surface area contributed by atoms with E-state index in [1.54, 1.807) is 34.1 Å². The van der Waals surface area contributed by atoms with Gasteiger partial charge in [-0.05, 0) is 77.6 Å². The zero-order valence-electron chi connectivity index (χ0n) is 19.9. The summed E-state index contributed by atoms with van der Waals surface area (Å²) in [6, 6.07) is 8.55. The molecule has 8 heteroatoms. The van der Waals surface area contributed by atoms with Gasteiger partial charge in [0.05, 0.1) is 17.7 Å². The first kappa shape index (κ1) is 24.7. The Bertz CT molecular complexity index is 923. The number of nitriles is 1. The van der Waals surface area contributed by atoms with E-state index in [1.807, 2.05) is 33.8 Å². The lowest BCUT2D eigenvalue weighted by Crippen LogP contribution is -2.58. The number of nitrogens with zero attached hydrogens (tertiary/aromatic N) is 3. The van der Waals surface area contributed by atoms with Crippen LogP contribution in [0.2, 0.25) is 0 Å². The molecule has 0 aliphatic carbocycles. The van der Waals surface area contributed by atoms with Crippen molar-refractivity contribution in [2.45, 2.75) is 70.6 Å². The minimum absolute atomic E-state index is 0.0485. The van der Waals surface area contributed by atoms with E-state index in [9.17, 15) is 14.4 Å². The fourth-order valence-corrected chi connectivity index (χ4v) is 4.48. The summed E-state index contributed by atoms with van der Waals surface area (Å²) >= 11 is 0. The van der Waals surface area contributed by atoms with E-state index < -0.39 is 17.1 Å². The normalized spacial score (nSPS) is 21.5. The Labute approximate surface area is 195 Å². The molecule has 2 saturated heterocycles. The van der Waals surface area contributed by atoms with Crippen LogP contribution in [-0.4, -0.2) is 71.1 Å². The molecule has 0 bridgehead atoms. The smallest absolute Gasteiger partial charge is 0.332 e. The maximum absolute atomic E-state index is 13.5. The predicted octanol–water partition coefficient (Wildman–Crippen LogP) is 2.90. The molecule has 1 atom stereocenters. The van der Waals surface area contributed by atoms with Gasteiger partial charge in [-0.1, -0.05) is 0 Å². The molecule has 0 radical (unpaired) electrons. The second kappa shape index (κ2) is 9.92.